The Balaban J connectivity index is 0.691. The lowest BCUT2D eigenvalue weighted by Crippen LogP contribution is -2.34. The summed E-state index contributed by atoms with van der Waals surface area (Å²) in [5.74, 6) is 0.682. The Morgan fingerprint density at radius 3 is 1.52 bits per heavy atom. The van der Waals surface area contributed by atoms with E-state index in [-0.39, 0.29) is 6.04 Å². The van der Waals surface area contributed by atoms with Gasteiger partial charge in [0.1, 0.15) is 0 Å². The smallest absolute Gasteiger partial charge is 0.160 e. The van der Waals surface area contributed by atoms with E-state index >= 15 is 0 Å². The van der Waals surface area contributed by atoms with Crippen LogP contribution in [0, 0.1) is 0 Å². The monoisotopic (exact) mass is 1200 g/mol. The molecule has 17 aromatic rings. The summed E-state index contributed by atoms with van der Waals surface area (Å²) in [7, 11) is 0. The van der Waals surface area contributed by atoms with Gasteiger partial charge in [-0.1, -0.05) is 243 Å². The lowest BCUT2D eigenvalue weighted by molar-refractivity contribution is 0.806. The highest BCUT2D eigenvalue weighted by molar-refractivity contribution is 6.11. The Labute approximate surface area is 543 Å². The van der Waals surface area contributed by atoms with Crippen molar-refractivity contribution in [3.63, 3.8) is 0 Å². The molecule has 6 nitrogen and oxygen atoms in total. The van der Waals surface area contributed by atoms with Crippen LogP contribution in [0.2, 0.25) is 0 Å². The number of benzene rings is 13. The summed E-state index contributed by atoms with van der Waals surface area (Å²) in [6, 6.07) is 111. The third kappa shape index (κ3) is 9.63. The van der Waals surface area contributed by atoms with Gasteiger partial charge >= 0.3 is 0 Å². The van der Waals surface area contributed by atoms with Crippen LogP contribution in [0.3, 0.4) is 0 Å². The van der Waals surface area contributed by atoms with Crippen molar-refractivity contribution in [1.29, 1.82) is 0 Å². The van der Waals surface area contributed by atoms with Crippen LogP contribution in [0.1, 0.15) is 17.2 Å². The van der Waals surface area contributed by atoms with Crippen molar-refractivity contribution in [2.24, 2.45) is 0 Å². The highest BCUT2D eigenvalue weighted by Gasteiger charge is 2.34. The molecular weight excluding hydrogens is 1140 g/mol. The summed E-state index contributed by atoms with van der Waals surface area (Å²) in [6.45, 7) is 0. The van der Waals surface area contributed by atoms with E-state index < -0.39 is 0 Å². The molecule has 0 saturated heterocycles. The molecule has 18 rings (SSSR count). The fourth-order valence-corrected chi connectivity index (χ4v) is 14.1. The van der Waals surface area contributed by atoms with E-state index in [0.29, 0.717) is 5.82 Å². The van der Waals surface area contributed by atoms with E-state index in [2.05, 4.69) is 301 Å². The number of nitrogens with zero attached hydrogens (tertiary/aromatic N) is 6. The average Bonchev–Trinajstić information content (AvgIpc) is 0.737. The number of anilines is 1. The molecule has 1 aliphatic heterocycles. The second-order valence-electron chi connectivity index (χ2n) is 24.3. The van der Waals surface area contributed by atoms with Gasteiger partial charge in [-0.15, -0.1) is 0 Å². The highest BCUT2D eigenvalue weighted by atomic mass is 15.2. The fraction of sp³-hybridized carbons (Fsp3) is 0.0114. The third-order valence-electron chi connectivity index (χ3n) is 18.8. The van der Waals surface area contributed by atoms with Crippen molar-refractivity contribution in [2.75, 3.05) is 4.90 Å². The molecule has 1 atom stereocenters. The summed E-state index contributed by atoms with van der Waals surface area (Å²) in [4.78, 5) is 27.9. The predicted molar refractivity (Wildman–Crippen MR) is 390 cm³/mol. The van der Waals surface area contributed by atoms with Crippen LogP contribution in [0.5, 0.6) is 0 Å². The van der Waals surface area contributed by atoms with Gasteiger partial charge in [-0.2, -0.15) is 0 Å². The van der Waals surface area contributed by atoms with Crippen LogP contribution in [0.15, 0.2) is 334 Å². The maximum atomic E-state index is 5.45. The summed E-state index contributed by atoms with van der Waals surface area (Å²) in [5.41, 5.74) is 22.4. The summed E-state index contributed by atoms with van der Waals surface area (Å²) in [5, 5.41) is 11.4. The zero-order valence-corrected chi connectivity index (χ0v) is 51.0. The first kappa shape index (κ1) is 54.4. The van der Waals surface area contributed by atoms with Crippen LogP contribution >= 0.6 is 0 Å². The Hall–Kier alpha value is -12.5. The van der Waals surface area contributed by atoms with E-state index in [1.165, 1.54) is 66.0 Å². The zero-order chi connectivity index (χ0) is 62.1. The van der Waals surface area contributed by atoms with Crippen LogP contribution in [-0.4, -0.2) is 24.9 Å². The first-order valence-electron chi connectivity index (χ1n) is 32.0. The molecule has 6 heteroatoms. The van der Waals surface area contributed by atoms with E-state index in [4.69, 9.17) is 19.9 Å². The third-order valence-corrected chi connectivity index (χ3v) is 18.8. The molecule has 94 heavy (non-hydrogen) atoms. The number of aromatic nitrogens is 5. The van der Waals surface area contributed by atoms with Gasteiger partial charge < -0.3 is 4.90 Å². The van der Waals surface area contributed by atoms with Gasteiger partial charge in [0.15, 0.2) is 5.82 Å². The van der Waals surface area contributed by atoms with Crippen LogP contribution in [-0.2, 0) is 0 Å². The summed E-state index contributed by atoms with van der Waals surface area (Å²) >= 11 is 0. The van der Waals surface area contributed by atoms with Crippen molar-refractivity contribution >= 4 is 76.3 Å². The number of fused-ring (bicyclic) bond motifs is 7. The maximum absolute atomic E-state index is 5.45. The molecule has 5 heterocycles. The minimum absolute atomic E-state index is 0.00323. The van der Waals surface area contributed by atoms with Crippen LogP contribution in [0.4, 0.5) is 5.69 Å². The van der Waals surface area contributed by atoms with Crippen molar-refractivity contribution in [3.8, 4) is 89.7 Å². The first-order chi connectivity index (χ1) is 46.6. The minimum atomic E-state index is -0.00323. The Bertz CT molecular complexity index is 5860. The molecule has 0 saturated carbocycles. The molecule has 0 spiro atoms. The molecule has 13 aromatic carbocycles. The van der Waals surface area contributed by atoms with E-state index in [1.807, 2.05) is 42.9 Å². The standard InChI is InChI=1S/C88H56N6/c1-5-16-56(17-6-1)71-40-42-77(75-26-14-13-25-74(71)75)83-53-82(92-88(93-83)59-20-9-3-10-21-59)67-33-30-61-49-66(32-29-62(61)50-67)81-44-37-58-35-39-79-73(45-47-90-87(79)86(58)91-81)65-36-38-76-78(43-41-72(80(76)52-65)57-18-7-2-8-19-57)85-54-84(94(85)70-23-11-4-12-24-70)68-34-31-60-48-64(28-27-63(60)51-68)69-22-15-46-89-55-69/h1-55,85H. The van der Waals surface area contributed by atoms with Crippen LogP contribution < -0.4 is 4.90 Å². The molecule has 0 fully saturated rings. The molecule has 4 aromatic heterocycles. The van der Waals surface area contributed by atoms with Gasteiger partial charge in [-0.3, -0.25) is 9.97 Å². The predicted octanol–water partition coefficient (Wildman–Crippen LogP) is 22.5. The molecule has 438 valence electrons. The lowest BCUT2D eigenvalue weighted by atomic mass is 9.85. The maximum Gasteiger partial charge on any atom is 0.160 e. The molecule has 1 aliphatic rings. The number of hydrogen-bond donors (Lipinski definition) is 0. The van der Waals surface area contributed by atoms with E-state index in [9.17, 15) is 0 Å². The van der Waals surface area contributed by atoms with Gasteiger partial charge in [0, 0.05) is 68.6 Å². The summed E-state index contributed by atoms with van der Waals surface area (Å²) in [6.07, 6.45) is 8.12. The zero-order valence-electron chi connectivity index (χ0n) is 51.0. The van der Waals surface area contributed by atoms with E-state index in [0.717, 1.165) is 105 Å². The molecule has 0 amide bonds. The van der Waals surface area contributed by atoms with Gasteiger partial charge in [-0.05, 0) is 166 Å². The first-order valence-corrected chi connectivity index (χ1v) is 32.0. The quantitative estimate of drug-likeness (QED) is 0.120. The number of rotatable bonds is 11. The van der Waals surface area contributed by atoms with Crippen molar-refractivity contribution in [2.45, 2.75) is 6.04 Å². The fourth-order valence-electron chi connectivity index (χ4n) is 14.1. The molecule has 0 radical (unpaired) electrons. The van der Waals surface area contributed by atoms with Crippen LogP contribution in [0.25, 0.3) is 160 Å². The SMILES string of the molecule is C1=C(c2ccc3cc(-c4cccnc4)ccc3c2)N(c2ccccc2)C1c1ccc(-c2ccccc2)c2cc(-c3ccnc4c3ccc3ccc(-c5ccc6cc(-c7cc(-c8ccc(-c9ccccc9)c9ccccc89)nc(-c8ccccc8)n7)ccc6c5)nc34)ccc12. The van der Waals surface area contributed by atoms with Gasteiger partial charge in [0.25, 0.3) is 0 Å². The largest absolute Gasteiger partial charge is 0.330 e. The molecule has 1 unspecified atom stereocenters. The van der Waals surface area contributed by atoms with Crippen molar-refractivity contribution < 1.29 is 0 Å². The van der Waals surface area contributed by atoms with E-state index in [1.54, 1.807) is 0 Å². The highest BCUT2D eigenvalue weighted by Crippen LogP contribution is 2.49. The minimum Gasteiger partial charge on any atom is -0.330 e. The molecule has 0 bridgehead atoms. The number of hydrogen-bond acceptors (Lipinski definition) is 6. The van der Waals surface area contributed by atoms with Gasteiger partial charge in [0.2, 0.25) is 0 Å². The Morgan fingerprint density at radius 2 is 0.809 bits per heavy atom. The molecular formula is C88H56N6. The average molecular weight is 1200 g/mol. The lowest BCUT2D eigenvalue weighted by Gasteiger charge is -2.43. The summed E-state index contributed by atoms with van der Waals surface area (Å²) < 4.78 is 0. The van der Waals surface area contributed by atoms with Gasteiger partial charge in [0.05, 0.1) is 34.2 Å². The Kier molecular flexibility index (Phi) is 13.2. The Morgan fingerprint density at radius 1 is 0.277 bits per heavy atom. The number of pyridine rings is 3. The molecule has 0 aliphatic carbocycles. The van der Waals surface area contributed by atoms with Crippen molar-refractivity contribution in [1.82, 2.24) is 24.9 Å². The van der Waals surface area contributed by atoms with Crippen molar-refractivity contribution in [3.05, 3.63) is 345 Å². The molecule has 0 N–H and O–H groups in total. The topological polar surface area (TPSA) is 67.7 Å². The second kappa shape index (κ2) is 22.8. The number of para-hydroxylation sites is 1. The van der Waals surface area contributed by atoms with Gasteiger partial charge in [-0.25, -0.2) is 15.0 Å². The second-order valence-corrected chi connectivity index (χ2v) is 24.3. The normalized spacial score (nSPS) is 13.0.